The summed E-state index contributed by atoms with van der Waals surface area (Å²) in [4.78, 5) is 19.1. The van der Waals surface area contributed by atoms with Crippen LogP contribution in [0.1, 0.15) is 65.6 Å². The van der Waals surface area contributed by atoms with Crippen LogP contribution in [-0.4, -0.2) is 16.4 Å². The minimum Gasteiger partial charge on any atom is -0.347 e. The number of hydrogen-bond acceptors (Lipinski definition) is 2. The standard InChI is InChI=1S/C32H29BrN2O/c1-19-29(31(36)35-32-13-10-20(11-14-32)12-15-32)27-18-24(33)7-9-28(27)34-30(19)22-6-8-26-23(17-22)16-21-4-2-3-5-25(21)26/h2-9,17-18,20H,10-16H2,1H3,(H,35,36). The van der Waals surface area contributed by atoms with Crippen LogP contribution in [0.4, 0.5) is 0 Å². The fourth-order valence-electron chi connectivity index (χ4n) is 6.94. The highest BCUT2D eigenvalue weighted by molar-refractivity contribution is 9.10. The molecular formula is C32H29BrN2O. The van der Waals surface area contributed by atoms with Crippen LogP contribution in [0.25, 0.3) is 33.3 Å². The quantitative estimate of drug-likeness (QED) is 0.253. The number of rotatable bonds is 3. The van der Waals surface area contributed by atoms with Crippen molar-refractivity contribution in [1.82, 2.24) is 10.3 Å². The second-order valence-electron chi connectivity index (χ2n) is 11.0. The van der Waals surface area contributed by atoms with Crippen LogP contribution in [0.3, 0.4) is 0 Å². The molecule has 1 amide bonds. The van der Waals surface area contributed by atoms with Crippen molar-refractivity contribution in [3.05, 3.63) is 87.4 Å². The van der Waals surface area contributed by atoms with Crippen LogP contribution in [-0.2, 0) is 6.42 Å². The molecule has 36 heavy (non-hydrogen) atoms. The molecule has 0 unspecified atom stereocenters. The maximum atomic E-state index is 14.0. The van der Waals surface area contributed by atoms with Crippen molar-refractivity contribution in [2.45, 2.75) is 57.4 Å². The molecule has 0 radical (unpaired) electrons. The summed E-state index contributed by atoms with van der Waals surface area (Å²) in [5, 5.41) is 4.45. The second-order valence-corrected chi connectivity index (χ2v) is 12.0. The van der Waals surface area contributed by atoms with E-state index in [-0.39, 0.29) is 11.4 Å². The van der Waals surface area contributed by atoms with Gasteiger partial charge in [-0.1, -0.05) is 52.3 Å². The first-order chi connectivity index (χ1) is 17.5. The first-order valence-corrected chi connectivity index (χ1v) is 13.9. The molecule has 180 valence electrons. The van der Waals surface area contributed by atoms with Gasteiger partial charge in [0.2, 0.25) is 0 Å². The molecule has 3 fully saturated rings. The van der Waals surface area contributed by atoms with E-state index in [0.29, 0.717) is 0 Å². The average molecular weight is 538 g/mol. The number of pyridine rings is 1. The van der Waals surface area contributed by atoms with Gasteiger partial charge in [0.15, 0.2) is 0 Å². The van der Waals surface area contributed by atoms with E-state index >= 15 is 0 Å². The molecule has 3 nitrogen and oxygen atoms in total. The van der Waals surface area contributed by atoms with E-state index in [9.17, 15) is 4.79 Å². The zero-order chi connectivity index (χ0) is 24.4. The van der Waals surface area contributed by atoms with Crippen LogP contribution in [0, 0.1) is 12.8 Å². The lowest BCUT2D eigenvalue weighted by molar-refractivity contribution is 0.0715. The van der Waals surface area contributed by atoms with Crippen molar-refractivity contribution in [1.29, 1.82) is 0 Å². The van der Waals surface area contributed by atoms with Gasteiger partial charge in [0.05, 0.1) is 16.8 Å². The lowest BCUT2D eigenvalue weighted by Gasteiger charge is -2.47. The Morgan fingerprint density at radius 3 is 2.50 bits per heavy atom. The van der Waals surface area contributed by atoms with Crippen LogP contribution in [0.5, 0.6) is 0 Å². The SMILES string of the molecule is Cc1c(-c2ccc3c(c2)Cc2ccccc2-3)nc2ccc(Br)cc2c1C(=O)NC12CCC(CC1)CC2. The molecule has 2 bridgehead atoms. The summed E-state index contributed by atoms with van der Waals surface area (Å²) in [6, 6.07) is 21.4. The van der Waals surface area contributed by atoms with Gasteiger partial charge in [0.1, 0.15) is 0 Å². The molecule has 0 aliphatic heterocycles. The average Bonchev–Trinajstić information content (AvgIpc) is 3.27. The summed E-state index contributed by atoms with van der Waals surface area (Å²) >= 11 is 3.62. The fraction of sp³-hybridized carbons (Fsp3) is 0.312. The maximum absolute atomic E-state index is 14.0. The van der Waals surface area contributed by atoms with Crippen LogP contribution >= 0.6 is 15.9 Å². The smallest absolute Gasteiger partial charge is 0.252 e. The summed E-state index contributed by atoms with van der Waals surface area (Å²) in [5.74, 6) is 0.911. The molecule has 1 N–H and O–H groups in total. The highest BCUT2D eigenvalue weighted by Crippen LogP contribution is 2.45. The lowest BCUT2D eigenvalue weighted by atomic mass is 9.65. The molecule has 3 saturated carbocycles. The number of aromatic nitrogens is 1. The summed E-state index contributed by atoms with van der Waals surface area (Å²) in [5.41, 5.74) is 9.85. The van der Waals surface area contributed by atoms with Crippen LogP contribution in [0.15, 0.2) is 65.1 Å². The van der Waals surface area contributed by atoms with E-state index in [0.717, 1.165) is 69.4 Å². The van der Waals surface area contributed by atoms with E-state index in [1.165, 1.54) is 41.5 Å². The van der Waals surface area contributed by atoms with Gasteiger partial charge in [-0.2, -0.15) is 0 Å². The summed E-state index contributed by atoms with van der Waals surface area (Å²) in [6.45, 7) is 2.06. The summed E-state index contributed by atoms with van der Waals surface area (Å²) in [6.07, 6.45) is 7.98. The lowest BCUT2D eigenvalue weighted by Crippen LogP contribution is -2.53. The van der Waals surface area contributed by atoms with Crippen molar-refractivity contribution in [2.24, 2.45) is 5.92 Å². The van der Waals surface area contributed by atoms with Gasteiger partial charge in [-0.3, -0.25) is 4.79 Å². The Hall–Kier alpha value is -2.98. The number of carbonyl (C=O) groups is 1. The molecule has 0 atom stereocenters. The monoisotopic (exact) mass is 536 g/mol. The molecule has 0 saturated heterocycles. The van der Waals surface area contributed by atoms with Gasteiger partial charge in [-0.25, -0.2) is 4.98 Å². The van der Waals surface area contributed by atoms with E-state index in [1.807, 2.05) is 18.2 Å². The van der Waals surface area contributed by atoms with Gasteiger partial charge in [-0.15, -0.1) is 0 Å². The van der Waals surface area contributed by atoms with Gasteiger partial charge in [-0.05, 0) is 110 Å². The maximum Gasteiger partial charge on any atom is 0.252 e. The number of nitrogens with zero attached hydrogens (tertiary/aromatic N) is 1. The molecule has 3 aromatic carbocycles. The van der Waals surface area contributed by atoms with Crippen LogP contribution < -0.4 is 5.32 Å². The first kappa shape index (κ1) is 22.2. The number of fused-ring (bicyclic) bond motifs is 7. The number of nitrogens with one attached hydrogen (secondary N) is 1. The third-order valence-electron chi connectivity index (χ3n) is 8.96. The second kappa shape index (κ2) is 8.27. The van der Waals surface area contributed by atoms with Crippen molar-refractivity contribution in [2.75, 3.05) is 0 Å². The Labute approximate surface area is 220 Å². The zero-order valence-corrected chi connectivity index (χ0v) is 22.1. The first-order valence-electron chi connectivity index (χ1n) is 13.1. The zero-order valence-electron chi connectivity index (χ0n) is 20.5. The molecule has 0 spiro atoms. The van der Waals surface area contributed by atoms with Crippen molar-refractivity contribution >= 4 is 32.7 Å². The molecule has 1 heterocycles. The number of halogens is 1. The molecule has 4 aromatic rings. The predicted molar refractivity (Wildman–Crippen MR) is 149 cm³/mol. The highest BCUT2D eigenvalue weighted by Gasteiger charge is 2.41. The largest absolute Gasteiger partial charge is 0.347 e. The van der Waals surface area contributed by atoms with Gasteiger partial charge < -0.3 is 5.32 Å². The summed E-state index contributed by atoms with van der Waals surface area (Å²) in [7, 11) is 0. The minimum atomic E-state index is -0.0423. The van der Waals surface area contributed by atoms with Crippen molar-refractivity contribution < 1.29 is 4.79 Å². The molecule has 4 heteroatoms. The van der Waals surface area contributed by atoms with Crippen molar-refractivity contribution in [3.63, 3.8) is 0 Å². The van der Waals surface area contributed by atoms with Gasteiger partial charge >= 0.3 is 0 Å². The molecule has 4 aliphatic carbocycles. The van der Waals surface area contributed by atoms with Crippen LogP contribution in [0.2, 0.25) is 0 Å². The third-order valence-corrected chi connectivity index (χ3v) is 9.45. The molecule has 1 aromatic heterocycles. The number of carbonyl (C=O) groups excluding carboxylic acids is 1. The third kappa shape index (κ3) is 3.53. The number of hydrogen-bond donors (Lipinski definition) is 1. The summed E-state index contributed by atoms with van der Waals surface area (Å²) < 4.78 is 0.963. The predicted octanol–water partition coefficient (Wildman–Crippen LogP) is 8.00. The van der Waals surface area contributed by atoms with E-state index < -0.39 is 0 Å². The highest BCUT2D eigenvalue weighted by atomic mass is 79.9. The van der Waals surface area contributed by atoms with E-state index in [1.54, 1.807) is 0 Å². The topological polar surface area (TPSA) is 42.0 Å². The van der Waals surface area contributed by atoms with Gasteiger partial charge in [0, 0.05) is 21.0 Å². The molecule has 8 rings (SSSR count). The molecular weight excluding hydrogens is 508 g/mol. The van der Waals surface area contributed by atoms with Crippen molar-refractivity contribution in [3.8, 4) is 22.4 Å². The Morgan fingerprint density at radius 2 is 1.69 bits per heavy atom. The number of amides is 1. The normalized spacial score (nSPS) is 21.9. The number of benzene rings is 3. The van der Waals surface area contributed by atoms with E-state index in [2.05, 4.69) is 70.6 Å². The Morgan fingerprint density at radius 1 is 0.944 bits per heavy atom. The Bertz CT molecular complexity index is 1530. The fourth-order valence-corrected chi connectivity index (χ4v) is 7.30. The Kier molecular flexibility index (Phi) is 5.11. The van der Waals surface area contributed by atoms with E-state index in [4.69, 9.17) is 4.98 Å². The minimum absolute atomic E-state index is 0.0423. The van der Waals surface area contributed by atoms with Gasteiger partial charge in [0.25, 0.3) is 5.91 Å². The molecule has 4 aliphatic rings. The Balaban J connectivity index is 1.34.